The van der Waals surface area contributed by atoms with E-state index in [4.69, 9.17) is 15.2 Å². The number of benzene rings is 2. The Labute approximate surface area is 167 Å². The van der Waals surface area contributed by atoms with Gasteiger partial charge in [0.25, 0.3) is 0 Å². The lowest BCUT2D eigenvalue weighted by atomic mass is 9.83. The van der Waals surface area contributed by atoms with Crippen molar-refractivity contribution in [2.24, 2.45) is 5.73 Å². The second-order valence-electron chi connectivity index (χ2n) is 6.67. The zero-order chi connectivity index (χ0) is 20.4. The largest absolute Gasteiger partial charge is 0.494 e. The van der Waals surface area contributed by atoms with Gasteiger partial charge >= 0.3 is 0 Å². The van der Waals surface area contributed by atoms with Crippen LogP contribution in [0.1, 0.15) is 30.4 Å². The zero-order valence-electron chi connectivity index (χ0n) is 15.8. The summed E-state index contributed by atoms with van der Waals surface area (Å²) < 4.78 is 24.7. The number of nitrogens with zero attached hydrogens (tertiary/aromatic N) is 2. The number of aromatic amines is 1. The van der Waals surface area contributed by atoms with E-state index in [-0.39, 0.29) is 17.3 Å². The highest BCUT2D eigenvalue weighted by atomic mass is 19.1. The number of H-pyrrole nitrogens is 1. The van der Waals surface area contributed by atoms with Crippen molar-refractivity contribution in [3.63, 3.8) is 0 Å². The number of ether oxygens (including phenoxy) is 2. The van der Waals surface area contributed by atoms with Gasteiger partial charge in [-0.05, 0) is 48.4 Å². The highest BCUT2D eigenvalue weighted by Gasteiger charge is 2.35. The molecule has 1 atom stereocenters. The average molecular weight is 390 g/mol. The second kappa shape index (κ2) is 7.68. The van der Waals surface area contributed by atoms with E-state index < -0.39 is 5.92 Å². The van der Waals surface area contributed by atoms with Crippen LogP contribution in [-0.4, -0.2) is 16.8 Å². The Hall–Kier alpha value is -3.79. The fourth-order valence-electron chi connectivity index (χ4n) is 3.39. The number of aromatic nitrogens is 2. The number of rotatable bonds is 5. The molecule has 6 nitrogen and oxygen atoms in total. The molecule has 0 aliphatic carbocycles. The Morgan fingerprint density at radius 2 is 1.93 bits per heavy atom. The van der Waals surface area contributed by atoms with Crippen molar-refractivity contribution in [3.05, 3.63) is 76.9 Å². The fraction of sp³-hybridized carbons (Fsp3) is 0.182. The summed E-state index contributed by atoms with van der Waals surface area (Å²) in [7, 11) is 0. The van der Waals surface area contributed by atoms with Crippen molar-refractivity contribution < 1.29 is 13.9 Å². The summed E-state index contributed by atoms with van der Waals surface area (Å²) in [6.45, 7) is 2.70. The van der Waals surface area contributed by atoms with Crippen LogP contribution in [0.4, 0.5) is 4.39 Å². The SMILES string of the molecule is CCCOc1ccc(-c2[nH]nc3c2C(c2ccc(F)cc2)C(C#N)=C(N)O3)cc1. The molecular formula is C22H19FN4O2. The zero-order valence-corrected chi connectivity index (χ0v) is 15.8. The maximum Gasteiger partial charge on any atom is 0.244 e. The first-order valence-corrected chi connectivity index (χ1v) is 9.27. The van der Waals surface area contributed by atoms with E-state index in [0.29, 0.717) is 23.7 Å². The van der Waals surface area contributed by atoms with E-state index >= 15 is 0 Å². The van der Waals surface area contributed by atoms with Crippen LogP contribution in [0.15, 0.2) is 60.0 Å². The van der Waals surface area contributed by atoms with Crippen molar-refractivity contribution in [3.8, 4) is 29.0 Å². The Bertz CT molecular complexity index is 1100. The molecule has 0 fully saturated rings. The second-order valence-corrected chi connectivity index (χ2v) is 6.67. The maximum absolute atomic E-state index is 13.5. The van der Waals surface area contributed by atoms with Gasteiger partial charge in [-0.2, -0.15) is 5.26 Å². The molecule has 1 aliphatic heterocycles. The topological polar surface area (TPSA) is 97.0 Å². The van der Waals surface area contributed by atoms with Gasteiger partial charge in [-0.3, -0.25) is 5.10 Å². The minimum atomic E-state index is -0.519. The van der Waals surface area contributed by atoms with E-state index in [2.05, 4.69) is 16.3 Å². The van der Waals surface area contributed by atoms with Crippen LogP contribution < -0.4 is 15.2 Å². The summed E-state index contributed by atoms with van der Waals surface area (Å²) in [4.78, 5) is 0. The number of nitrogens with two attached hydrogens (primary N) is 1. The van der Waals surface area contributed by atoms with Crippen LogP contribution in [0.25, 0.3) is 11.3 Å². The molecule has 146 valence electrons. The van der Waals surface area contributed by atoms with Crippen molar-refractivity contribution in [1.29, 1.82) is 5.26 Å². The van der Waals surface area contributed by atoms with Crippen LogP contribution in [0, 0.1) is 17.1 Å². The van der Waals surface area contributed by atoms with Gasteiger partial charge in [0.15, 0.2) is 0 Å². The third-order valence-corrected chi connectivity index (χ3v) is 4.76. The molecule has 7 heteroatoms. The van der Waals surface area contributed by atoms with Crippen molar-refractivity contribution >= 4 is 0 Å². The normalized spacial score (nSPS) is 15.4. The highest BCUT2D eigenvalue weighted by molar-refractivity contribution is 5.71. The average Bonchev–Trinajstić information content (AvgIpc) is 3.15. The van der Waals surface area contributed by atoms with Gasteiger partial charge in [0, 0.05) is 5.56 Å². The molecule has 0 bridgehead atoms. The highest BCUT2D eigenvalue weighted by Crippen LogP contribution is 2.45. The quantitative estimate of drug-likeness (QED) is 0.680. The number of nitrogens with one attached hydrogen (secondary N) is 1. The van der Waals surface area contributed by atoms with E-state index in [9.17, 15) is 9.65 Å². The molecule has 2 aromatic carbocycles. The van der Waals surface area contributed by atoms with E-state index in [0.717, 1.165) is 23.3 Å². The van der Waals surface area contributed by atoms with Gasteiger partial charge in [0.2, 0.25) is 11.8 Å². The maximum atomic E-state index is 13.5. The predicted molar refractivity (Wildman–Crippen MR) is 106 cm³/mol. The fourth-order valence-corrected chi connectivity index (χ4v) is 3.39. The van der Waals surface area contributed by atoms with Crippen LogP contribution in [0.2, 0.25) is 0 Å². The smallest absolute Gasteiger partial charge is 0.244 e. The molecular weight excluding hydrogens is 371 g/mol. The van der Waals surface area contributed by atoms with Gasteiger partial charge in [-0.15, -0.1) is 5.10 Å². The molecule has 0 saturated heterocycles. The molecule has 2 heterocycles. The summed E-state index contributed by atoms with van der Waals surface area (Å²) in [6.07, 6.45) is 0.928. The lowest BCUT2D eigenvalue weighted by Crippen LogP contribution is -2.21. The van der Waals surface area contributed by atoms with Crippen LogP contribution >= 0.6 is 0 Å². The summed E-state index contributed by atoms with van der Waals surface area (Å²) in [6, 6.07) is 15.7. The van der Waals surface area contributed by atoms with Gasteiger partial charge < -0.3 is 15.2 Å². The summed E-state index contributed by atoms with van der Waals surface area (Å²) in [5, 5.41) is 16.9. The number of hydrogen-bond donors (Lipinski definition) is 2. The van der Waals surface area contributed by atoms with Gasteiger partial charge in [0.05, 0.1) is 23.8 Å². The molecule has 0 amide bonds. The lowest BCUT2D eigenvalue weighted by molar-refractivity contribution is 0.317. The number of halogens is 1. The van der Waals surface area contributed by atoms with Crippen molar-refractivity contribution in [1.82, 2.24) is 10.2 Å². The molecule has 29 heavy (non-hydrogen) atoms. The Morgan fingerprint density at radius 3 is 2.59 bits per heavy atom. The van der Waals surface area contributed by atoms with E-state index in [1.54, 1.807) is 12.1 Å². The Balaban J connectivity index is 1.80. The number of fused-ring (bicyclic) bond motifs is 1. The van der Waals surface area contributed by atoms with Gasteiger partial charge in [-0.1, -0.05) is 19.1 Å². The molecule has 1 aliphatic rings. The van der Waals surface area contributed by atoms with E-state index in [1.807, 2.05) is 31.2 Å². The summed E-state index contributed by atoms with van der Waals surface area (Å²) in [5.74, 6) is 0.200. The minimum Gasteiger partial charge on any atom is -0.494 e. The first-order valence-electron chi connectivity index (χ1n) is 9.27. The standard InChI is InChI=1S/C22H19FN4O2/c1-2-11-28-16-9-5-14(6-10-16)20-19-18(13-3-7-15(23)8-4-13)17(12-24)21(25)29-22(19)27-26-20/h3-10,18H,2,11,25H2,1H3,(H,26,27). The molecule has 0 spiro atoms. The molecule has 4 rings (SSSR count). The Kier molecular flexibility index (Phi) is 4.92. The monoisotopic (exact) mass is 390 g/mol. The third kappa shape index (κ3) is 3.41. The van der Waals surface area contributed by atoms with Crippen LogP contribution in [-0.2, 0) is 0 Å². The van der Waals surface area contributed by atoms with Gasteiger partial charge in [-0.25, -0.2) is 4.39 Å². The first-order chi connectivity index (χ1) is 14.1. The third-order valence-electron chi connectivity index (χ3n) is 4.76. The van der Waals surface area contributed by atoms with Crippen molar-refractivity contribution in [2.75, 3.05) is 6.61 Å². The molecule has 0 saturated carbocycles. The van der Waals surface area contributed by atoms with E-state index in [1.165, 1.54) is 12.1 Å². The number of allylic oxidation sites excluding steroid dienone is 1. The first kappa shape index (κ1) is 18.6. The van der Waals surface area contributed by atoms with Crippen LogP contribution in [0.5, 0.6) is 11.6 Å². The van der Waals surface area contributed by atoms with Gasteiger partial charge in [0.1, 0.15) is 23.2 Å². The summed E-state index contributed by atoms with van der Waals surface area (Å²) >= 11 is 0. The van der Waals surface area contributed by atoms with Crippen LogP contribution in [0.3, 0.4) is 0 Å². The predicted octanol–water partition coefficient (Wildman–Crippen LogP) is 4.22. The minimum absolute atomic E-state index is 0.00399. The molecule has 1 aromatic heterocycles. The lowest BCUT2D eigenvalue weighted by Gasteiger charge is -2.24. The van der Waals surface area contributed by atoms with Crippen molar-refractivity contribution in [2.45, 2.75) is 19.3 Å². The number of hydrogen-bond acceptors (Lipinski definition) is 5. The molecule has 3 N–H and O–H groups in total. The number of nitriles is 1. The Morgan fingerprint density at radius 1 is 1.21 bits per heavy atom. The summed E-state index contributed by atoms with van der Waals surface area (Å²) in [5.41, 5.74) is 9.20. The molecule has 3 aromatic rings. The molecule has 0 radical (unpaired) electrons. The molecule has 1 unspecified atom stereocenters.